The molecule has 5 rings (SSSR count). The fourth-order valence-corrected chi connectivity index (χ4v) is 4.06. The molecule has 3 heterocycles. The Labute approximate surface area is 159 Å². The quantitative estimate of drug-likeness (QED) is 0.796. The van der Waals surface area contributed by atoms with Gasteiger partial charge in [0.15, 0.2) is 0 Å². The molecule has 2 aromatic rings. The Morgan fingerprint density at radius 3 is 2.41 bits per heavy atom. The minimum absolute atomic E-state index is 0.0166. The van der Waals surface area contributed by atoms with Gasteiger partial charge in [-0.15, -0.1) is 0 Å². The average molecular weight is 368 g/mol. The summed E-state index contributed by atoms with van der Waals surface area (Å²) in [6, 6.07) is 16.0. The molecule has 0 aromatic heterocycles. The first-order valence-corrected chi connectivity index (χ1v) is 9.69. The summed E-state index contributed by atoms with van der Waals surface area (Å²) in [6.07, 6.45) is 2.56. The lowest BCUT2D eigenvalue weighted by atomic mass is 9.86. The highest BCUT2D eigenvalue weighted by Crippen LogP contribution is 2.30. The molecule has 142 valence electrons. The van der Waals surface area contributed by atoms with Crippen LogP contribution in [0.1, 0.15) is 18.4 Å². The molecule has 5 heteroatoms. The molecule has 3 aliphatic rings. The third-order valence-electron chi connectivity index (χ3n) is 5.67. The van der Waals surface area contributed by atoms with Crippen LogP contribution < -0.4 is 4.90 Å². The van der Waals surface area contributed by atoms with E-state index in [4.69, 9.17) is 4.74 Å². The second-order valence-electron chi connectivity index (χ2n) is 7.42. The Morgan fingerprint density at radius 1 is 1.07 bits per heavy atom. The van der Waals surface area contributed by atoms with Crippen molar-refractivity contribution in [1.29, 1.82) is 0 Å². The minimum Gasteiger partial charge on any atom is -0.444 e. The van der Waals surface area contributed by atoms with Gasteiger partial charge in [0.1, 0.15) is 11.9 Å². The highest BCUT2D eigenvalue weighted by Gasteiger charge is 2.37. The highest BCUT2D eigenvalue weighted by atomic mass is 19.1. The first-order valence-electron chi connectivity index (χ1n) is 9.69. The third-order valence-corrected chi connectivity index (χ3v) is 5.67. The standard InChI is InChI=1S/C22H25FN2O2/c23-19-8-6-17(7-9-19)10-15-25(20-4-2-1-3-5-20)22(26)27-21-16-24-13-11-18(21)12-14-24/h1-9,18,21H,10-16H2. The lowest BCUT2D eigenvalue weighted by Crippen LogP contribution is -2.53. The number of hydrogen-bond acceptors (Lipinski definition) is 3. The smallest absolute Gasteiger partial charge is 0.414 e. The van der Waals surface area contributed by atoms with Crippen molar-refractivity contribution in [3.8, 4) is 0 Å². The van der Waals surface area contributed by atoms with Crippen LogP contribution in [0.4, 0.5) is 14.9 Å². The number of piperidine rings is 3. The van der Waals surface area contributed by atoms with Gasteiger partial charge in [-0.3, -0.25) is 9.80 Å². The molecule has 0 saturated carbocycles. The van der Waals surface area contributed by atoms with Gasteiger partial charge in [0, 0.05) is 18.8 Å². The molecule has 2 aromatic carbocycles. The van der Waals surface area contributed by atoms with E-state index in [0.717, 1.165) is 43.7 Å². The van der Waals surface area contributed by atoms with Gasteiger partial charge in [-0.1, -0.05) is 30.3 Å². The van der Waals surface area contributed by atoms with Crippen molar-refractivity contribution in [3.05, 3.63) is 66.0 Å². The second kappa shape index (κ2) is 8.09. The van der Waals surface area contributed by atoms with Crippen molar-refractivity contribution >= 4 is 11.8 Å². The normalized spacial score (nSPS) is 23.8. The van der Waals surface area contributed by atoms with Crippen LogP contribution in [0.2, 0.25) is 0 Å². The van der Waals surface area contributed by atoms with Crippen LogP contribution in [0.15, 0.2) is 54.6 Å². The second-order valence-corrected chi connectivity index (χ2v) is 7.42. The van der Waals surface area contributed by atoms with Gasteiger partial charge in [0.2, 0.25) is 0 Å². The summed E-state index contributed by atoms with van der Waals surface area (Å²) in [5, 5.41) is 0. The van der Waals surface area contributed by atoms with Gasteiger partial charge in [0.05, 0.1) is 0 Å². The lowest BCUT2D eigenvalue weighted by Gasteiger charge is -2.44. The number of ether oxygens (including phenoxy) is 1. The Kier molecular flexibility index (Phi) is 5.39. The van der Waals surface area contributed by atoms with Gasteiger partial charge in [-0.05, 0) is 68.1 Å². The van der Waals surface area contributed by atoms with E-state index in [-0.39, 0.29) is 18.0 Å². The summed E-state index contributed by atoms with van der Waals surface area (Å²) in [5.41, 5.74) is 1.82. The van der Waals surface area contributed by atoms with Crippen LogP contribution >= 0.6 is 0 Å². The van der Waals surface area contributed by atoms with E-state index in [1.165, 1.54) is 12.1 Å². The van der Waals surface area contributed by atoms with Crippen LogP contribution in [0.25, 0.3) is 0 Å². The number of fused-ring (bicyclic) bond motifs is 3. The topological polar surface area (TPSA) is 32.8 Å². The monoisotopic (exact) mass is 368 g/mol. The van der Waals surface area contributed by atoms with Crippen LogP contribution in [-0.2, 0) is 11.2 Å². The molecule has 0 N–H and O–H groups in total. The first-order chi connectivity index (χ1) is 13.2. The number of anilines is 1. The van der Waals surface area contributed by atoms with E-state index in [1.54, 1.807) is 17.0 Å². The Bertz CT molecular complexity index is 758. The Balaban J connectivity index is 1.45. The van der Waals surface area contributed by atoms with Crippen LogP contribution in [-0.4, -0.2) is 43.3 Å². The van der Waals surface area contributed by atoms with Crippen molar-refractivity contribution in [1.82, 2.24) is 4.90 Å². The van der Waals surface area contributed by atoms with Crippen molar-refractivity contribution in [2.75, 3.05) is 31.1 Å². The summed E-state index contributed by atoms with van der Waals surface area (Å²) in [5.74, 6) is 0.231. The maximum Gasteiger partial charge on any atom is 0.414 e. The molecule has 4 nitrogen and oxygen atoms in total. The fourth-order valence-electron chi connectivity index (χ4n) is 4.06. The summed E-state index contributed by atoms with van der Waals surface area (Å²) in [7, 11) is 0. The van der Waals surface area contributed by atoms with Gasteiger partial charge >= 0.3 is 6.09 Å². The van der Waals surface area contributed by atoms with Gasteiger partial charge in [-0.2, -0.15) is 0 Å². The molecule has 1 unspecified atom stereocenters. The van der Waals surface area contributed by atoms with E-state index >= 15 is 0 Å². The number of benzene rings is 2. The zero-order valence-corrected chi connectivity index (χ0v) is 15.4. The van der Waals surface area contributed by atoms with Crippen LogP contribution in [0, 0.1) is 11.7 Å². The molecule has 1 atom stereocenters. The lowest BCUT2D eigenvalue weighted by molar-refractivity contribution is -0.0310. The number of carbonyl (C=O) groups is 1. The van der Waals surface area contributed by atoms with E-state index < -0.39 is 0 Å². The van der Waals surface area contributed by atoms with E-state index in [2.05, 4.69) is 4.90 Å². The summed E-state index contributed by atoms with van der Waals surface area (Å²) in [4.78, 5) is 17.1. The maximum atomic E-state index is 13.1. The number of para-hydroxylation sites is 1. The van der Waals surface area contributed by atoms with Crippen LogP contribution in [0.3, 0.4) is 0 Å². The molecule has 0 aliphatic carbocycles. The van der Waals surface area contributed by atoms with E-state index in [1.807, 2.05) is 30.3 Å². The molecule has 3 aliphatic heterocycles. The number of halogens is 1. The van der Waals surface area contributed by atoms with Gasteiger partial charge in [-0.25, -0.2) is 9.18 Å². The summed E-state index contributed by atoms with van der Waals surface area (Å²) in [6.45, 7) is 3.57. The van der Waals surface area contributed by atoms with E-state index in [0.29, 0.717) is 18.9 Å². The zero-order valence-electron chi connectivity index (χ0n) is 15.4. The zero-order chi connectivity index (χ0) is 18.6. The molecular weight excluding hydrogens is 343 g/mol. The van der Waals surface area contributed by atoms with Crippen molar-refractivity contribution in [2.45, 2.75) is 25.4 Å². The summed E-state index contributed by atoms with van der Waals surface area (Å²) >= 11 is 0. The molecule has 0 radical (unpaired) electrons. The predicted molar refractivity (Wildman–Crippen MR) is 103 cm³/mol. The number of hydrogen-bond donors (Lipinski definition) is 0. The van der Waals surface area contributed by atoms with Crippen LogP contribution in [0.5, 0.6) is 0 Å². The molecule has 2 bridgehead atoms. The third kappa shape index (κ3) is 4.30. The molecule has 3 saturated heterocycles. The minimum atomic E-state index is -0.290. The number of rotatable bonds is 5. The fraction of sp³-hybridized carbons (Fsp3) is 0.409. The highest BCUT2D eigenvalue weighted by molar-refractivity contribution is 5.87. The van der Waals surface area contributed by atoms with E-state index in [9.17, 15) is 9.18 Å². The molecular formula is C22H25FN2O2. The Morgan fingerprint density at radius 2 is 1.78 bits per heavy atom. The van der Waals surface area contributed by atoms with Gasteiger partial charge < -0.3 is 4.74 Å². The SMILES string of the molecule is O=C(OC1CN2CCC1CC2)N(CCc1ccc(F)cc1)c1ccccc1. The Hall–Kier alpha value is -2.40. The molecule has 27 heavy (non-hydrogen) atoms. The molecule has 3 fully saturated rings. The van der Waals surface area contributed by atoms with Crippen molar-refractivity contribution in [2.24, 2.45) is 5.92 Å². The molecule has 1 amide bonds. The number of nitrogens with zero attached hydrogens (tertiary/aromatic N) is 2. The van der Waals surface area contributed by atoms with Crippen molar-refractivity contribution in [3.63, 3.8) is 0 Å². The predicted octanol–water partition coefficient (Wildman–Crippen LogP) is 4.11. The number of amides is 1. The maximum absolute atomic E-state index is 13.1. The average Bonchev–Trinajstić information content (AvgIpc) is 2.71. The summed E-state index contributed by atoms with van der Waals surface area (Å²) < 4.78 is 19.1. The molecule has 0 spiro atoms. The largest absolute Gasteiger partial charge is 0.444 e. The number of carbonyl (C=O) groups excluding carboxylic acids is 1. The van der Waals surface area contributed by atoms with Crippen molar-refractivity contribution < 1.29 is 13.9 Å². The van der Waals surface area contributed by atoms with Gasteiger partial charge in [0.25, 0.3) is 0 Å². The first kappa shape index (κ1) is 18.0.